The number of carbonyl (C=O) groups excluding carboxylic acids is 1. The topological polar surface area (TPSA) is 41.6 Å². The van der Waals surface area contributed by atoms with Gasteiger partial charge in [-0.15, -0.1) is 0 Å². The van der Waals surface area contributed by atoms with Crippen molar-refractivity contribution in [3.8, 4) is 0 Å². The maximum atomic E-state index is 13.0. The Morgan fingerprint density at radius 1 is 1.58 bits per heavy atom. The highest BCUT2D eigenvalue weighted by Crippen LogP contribution is 2.07. The molecule has 5 heteroatoms. The summed E-state index contributed by atoms with van der Waals surface area (Å²) in [4.78, 5) is 14.0. The van der Waals surface area contributed by atoms with E-state index in [0.717, 1.165) is 26.1 Å². The SMILES string of the molecule is CN1CCOC(CCNC(=O)c2cccc(F)c2)C1. The number of amides is 1. The second-order valence-corrected chi connectivity index (χ2v) is 4.81. The van der Waals surface area contributed by atoms with Gasteiger partial charge >= 0.3 is 0 Å². The summed E-state index contributed by atoms with van der Waals surface area (Å²) in [6, 6.07) is 5.69. The molecule has 1 saturated heterocycles. The molecule has 1 amide bonds. The number of rotatable bonds is 4. The molecule has 1 fully saturated rings. The van der Waals surface area contributed by atoms with Gasteiger partial charge in [-0.3, -0.25) is 4.79 Å². The molecule has 0 aromatic heterocycles. The van der Waals surface area contributed by atoms with Crippen LogP contribution in [-0.4, -0.2) is 50.2 Å². The third-order valence-corrected chi connectivity index (χ3v) is 3.18. The number of likely N-dealkylation sites (N-methyl/N-ethyl adjacent to an activating group) is 1. The van der Waals surface area contributed by atoms with Gasteiger partial charge in [0.2, 0.25) is 0 Å². The number of nitrogens with zero attached hydrogens (tertiary/aromatic N) is 1. The van der Waals surface area contributed by atoms with Crippen molar-refractivity contribution in [2.24, 2.45) is 0 Å². The Hall–Kier alpha value is -1.46. The van der Waals surface area contributed by atoms with Crippen molar-refractivity contribution < 1.29 is 13.9 Å². The number of hydrogen-bond donors (Lipinski definition) is 1. The number of halogens is 1. The molecule has 104 valence electrons. The van der Waals surface area contributed by atoms with E-state index in [1.807, 2.05) is 0 Å². The molecule has 1 aromatic carbocycles. The summed E-state index contributed by atoms with van der Waals surface area (Å²) in [5.74, 6) is -0.645. The highest BCUT2D eigenvalue weighted by molar-refractivity contribution is 5.94. The van der Waals surface area contributed by atoms with Gasteiger partial charge in [0.25, 0.3) is 5.91 Å². The van der Waals surface area contributed by atoms with E-state index in [-0.39, 0.29) is 12.0 Å². The number of benzene rings is 1. The Kier molecular flexibility index (Phi) is 4.87. The highest BCUT2D eigenvalue weighted by Gasteiger charge is 2.17. The summed E-state index contributed by atoms with van der Waals surface area (Å²) in [6.45, 7) is 3.11. The fourth-order valence-corrected chi connectivity index (χ4v) is 2.12. The molecule has 19 heavy (non-hydrogen) atoms. The molecule has 0 aliphatic carbocycles. The third-order valence-electron chi connectivity index (χ3n) is 3.18. The largest absolute Gasteiger partial charge is 0.375 e. The first-order valence-electron chi connectivity index (χ1n) is 6.49. The lowest BCUT2D eigenvalue weighted by Crippen LogP contribution is -2.41. The molecule has 0 radical (unpaired) electrons. The van der Waals surface area contributed by atoms with E-state index in [9.17, 15) is 9.18 Å². The molecule has 1 heterocycles. The zero-order valence-electron chi connectivity index (χ0n) is 11.1. The first-order chi connectivity index (χ1) is 9.15. The van der Waals surface area contributed by atoms with Gasteiger partial charge in [-0.1, -0.05) is 6.07 Å². The minimum absolute atomic E-state index is 0.159. The average molecular weight is 266 g/mol. The predicted octanol–water partition coefficient (Wildman–Crippen LogP) is 1.28. The maximum Gasteiger partial charge on any atom is 0.251 e. The zero-order chi connectivity index (χ0) is 13.7. The van der Waals surface area contributed by atoms with Crippen molar-refractivity contribution in [1.82, 2.24) is 10.2 Å². The molecule has 0 spiro atoms. The monoisotopic (exact) mass is 266 g/mol. The van der Waals surface area contributed by atoms with Gasteiger partial charge in [0.15, 0.2) is 0 Å². The number of hydrogen-bond acceptors (Lipinski definition) is 3. The van der Waals surface area contributed by atoms with Crippen LogP contribution in [0.4, 0.5) is 4.39 Å². The van der Waals surface area contributed by atoms with E-state index in [0.29, 0.717) is 12.1 Å². The summed E-state index contributed by atoms with van der Waals surface area (Å²) < 4.78 is 18.6. The van der Waals surface area contributed by atoms with Gasteiger partial charge in [-0.2, -0.15) is 0 Å². The van der Waals surface area contributed by atoms with Gasteiger partial charge in [0, 0.05) is 25.2 Å². The van der Waals surface area contributed by atoms with Crippen LogP contribution >= 0.6 is 0 Å². The first kappa shape index (κ1) is 14.0. The van der Waals surface area contributed by atoms with Crippen LogP contribution in [0.15, 0.2) is 24.3 Å². The lowest BCUT2D eigenvalue weighted by atomic mass is 10.2. The number of morpholine rings is 1. The van der Waals surface area contributed by atoms with Crippen LogP contribution in [0.2, 0.25) is 0 Å². The second-order valence-electron chi connectivity index (χ2n) is 4.81. The van der Waals surface area contributed by atoms with E-state index in [2.05, 4.69) is 17.3 Å². The first-order valence-corrected chi connectivity index (χ1v) is 6.49. The van der Waals surface area contributed by atoms with Gasteiger partial charge in [0.1, 0.15) is 5.82 Å². The quantitative estimate of drug-likeness (QED) is 0.892. The van der Waals surface area contributed by atoms with Crippen LogP contribution in [0.25, 0.3) is 0 Å². The average Bonchev–Trinajstić information content (AvgIpc) is 2.38. The van der Waals surface area contributed by atoms with Crippen molar-refractivity contribution in [3.63, 3.8) is 0 Å². The number of carbonyl (C=O) groups is 1. The molecule has 1 aromatic rings. The Balaban J connectivity index is 1.75. The molecule has 4 nitrogen and oxygen atoms in total. The molecular weight excluding hydrogens is 247 g/mol. The Morgan fingerprint density at radius 2 is 2.42 bits per heavy atom. The summed E-state index contributed by atoms with van der Waals surface area (Å²) in [6.07, 6.45) is 0.928. The summed E-state index contributed by atoms with van der Waals surface area (Å²) in [5, 5.41) is 2.78. The molecule has 1 atom stereocenters. The fraction of sp³-hybridized carbons (Fsp3) is 0.500. The van der Waals surface area contributed by atoms with Gasteiger partial charge in [0.05, 0.1) is 12.7 Å². The summed E-state index contributed by atoms with van der Waals surface area (Å²) >= 11 is 0. The Labute approximate surface area is 112 Å². The molecule has 1 aliphatic rings. The van der Waals surface area contributed by atoms with Crippen LogP contribution in [0.1, 0.15) is 16.8 Å². The molecule has 1 unspecified atom stereocenters. The minimum Gasteiger partial charge on any atom is -0.375 e. The maximum absolute atomic E-state index is 13.0. The van der Waals surface area contributed by atoms with E-state index in [1.165, 1.54) is 18.2 Å². The van der Waals surface area contributed by atoms with E-state index < -0.39 is 5.82 Å². The van der Waals surface area contributed by atoms with Gasteiger partial charge in [-0.05, 0) is 31.7 Å². The van der Waals surface area contributed by atoms with Crippen LogP contribution in [0.5, 0.6) is 0 Å². The fourth-order valence-electron chi connectivity index (χ4n) is 2.12. The van der Waals surface area contributed by atoms with Crippen molar-refractivity contribution in [2.45, 2.75) is 12.5 Å². The molecule has 1 N–H and O–H groups in total. The minimum atomic E-state index is -0.398. The molecule has 0 saturated carbocycles. The van der Waals surface area contributed by atoms with Gasteiger partial charge < -0.3 is 15.0 Å². The highest BCUT2D eigenvalue weighted by atomic mass is 19.1. The summed E-state index contributed by atoms with van der Waals surface area (Å²) in [5.41, 5.74) is 0.349. The summed E-state index contributed by atoms with van der Waals surface area (Å²) in [7, 11) is 2.06. The Morgan fingerprint density at radius 3 is 3.16 bits per heavy atom. The normalized spacial score (nSPS) is 20.2. The van der Waals surface area contributed by atoms with Crippen LogP contribution < -0.4 is 5.32 Å². The Bertz CT molecular complexity index is 439. The number of nitrogens with one attached hydrogen (secondary N) is 1. The van der Waals surface area contributed by atoms with E-state index >= 15 is 0 Å². The van der Waals surface area contributed by atoms with E-state index in [4.69, 9.17) is 4.74 Å². The van der Waals surface area contributed by atoms with Crippen molar-refractivity contribution in [2.75, 3.05) is 33.3 Å². The lowest BCUT2D eigenvalue weighted by molar-refractivity contribution is -0.0226. The van der Waals surface area contributed by atoms with Gasteiger partial charge in [-0.25, -0.2) is 4.39 Å². The van der Waals surface area contributed by atoms with Crippen LogP contribution in [0.3, 0.4) is 0 Å². The standard InChI is InChI=1S/C14H19FN2O2/c1-17-7-8-19-13(10-17)5-6-16-14(18)11-3-2-4-12(15)9-11/h2-4,9,13H,5-8,10H2,1H3,(H,16,18). The molecular formula is C14H19FN2O2. The van der Waals surface area contributed by atoms with Crippen molar-refractivity contribution in [1.29, 1.82) is 0 Å². The predicted molar refractivity (Wildman–Crippen MR) is 70.6 cm³/mol. The van der Waals surface area contributed by atoms with Crippen molar-refractivity contribution in [3.05, 3.63) is 35.6 Å². The van der Waals surface area contributed by atoms with E-state index in [1.54, 1.807) is 6.07 Å². The second kappa shape index (κ2) is 6.63. The number of ether oxygens (including phenoxy) is 1. The lowest BCUT2D eigenvalue weighted by Gasteiger charge is -2.30. The van der Waals surface area contributed by atoms with Crippen molar-refractivity contribution >= 4 is 5.91 Å². The molecule has 2 rings (SSSR count). The third kappa shape index (κ3) is 4.29. The molecule has 1 aliphatic heterocycles. The molecule has 0 bridgehead atoms. The zero-order valence-corrected chi connectivity index (χ0v) is 11.1. The van der Waals surface area contributed by atoms with Crippen LogP contribution in [0, 0.1) is 5.82 Å². The smallest absolute Gasteiger partial charge is 0.251 e. The van der Waals surface area contributed by atoms with Crippen LogP contribution in [-0.2, 0) is 4.74 Å².